The molecule has 15 heteroatoms. The van der Waals surface area contributed by atoms with E-state index in [0.29, 0.717) is 0 Å². The summed E-state index contributed by atoms with van der Waals surface area (Å²) in [6.07, 6.45) is 0. The van der Waals surface area contributed by atoms with Gasteiger partial charge in [0.05, 0.1) is 0 Å². The van der Waals surface area contributed by atoms with Crippen LogP contribution in [0.2, 0.25) is 0 Å². The normalized spacial score (nSPS) is 17.0. The fourth-order valence-electron chi connectivity index (χ4n) is 8.70. The Bertz CT molecular complexity index is 2560. The van der Waals surface area contributed by atoms with E-state index in [0.717, 1.165) is 0 Å². The molecular weight excluding hydrogens is 975 g/mol. The number of carbonyl (C=O) groups is 6. The van der Waals surface area contributed by atoms with Crippen LogP contribution in [0, 0.1) is 0 Å². The van der Waals surface area contributed by atoms with Crippen molar-refractivity contribution in [3.05, 3.63) is 243 Å². The van der Waals surface area contributed by atoms with Gasteiger partial charge < -0.3 is 0 Å². The van der Waals surface area contributed by atoms with E-state index in [1.54, 1.807) is 0 Å². The molecule has 8 aromatic carbocycles. The molecule has 3 heterocycles. The van der Waals surface area contributed by atoms with Gasteiger partial charge in [0.2, 0.25) is 0 Å². The SMILES string of the molecule is O=C1[O][Ge-2]23([O]C1=O)([O]C(=O)C(=O)[O]2)[O]C(=O)C(=O)[O]3.c1ccc([P+](c2ccccc2)(c2ccccc2)c2ccccc2)cc1.c1ccc([P+](c2ccccc2)(c2ccccc2)c2ccccc2)cc1. The number of rotatable bonds is 8. The molecule has 69 heavy (non-hydrogen) atoms. The second-order valence-corrected chi connectivity index (χ2v) is 30.2. The third-order valence-electron chi connectivity index (χ3n) is 11.5. The summed E-state index contributed by atoms with van der Waals surface area (Å²) in [6.45, 7) is 0. The van der Waals surface area contributed by atoms with E-state index in [-0.39, 0.29) is 0 Å². The van der Waals surface area contributed by atoms with E-state index in [9.17, 15) is 28.8 Å². The van der Waals surface area contributed by atoms with E-state index in [4.69, 9.17) is 0 Å². The van der Waals surface area contributed by atoms with Gasteiger partial charge in [-0.2, -0.15) is 0 Å². The van der Waals surface area contributed by atoms with Gasteiger partial charge in [-0.15, -0.1) is 0 Å². The van der Waals surface area contributed by atoms with Gasteiger partial charge in [-0.25, -0.2) is 0 Å². The second kappa shape index (κ2) is 18.2. The summed E-state index contributed by atoms with van der Waals surface area (Å²) in [4.78, 5) is 66.6. The van der Waals surface area contributed by atoms with Crippen molar-refractivity contribution in [1.82, 2.24) is 0 Å². The molecule has 0 amide bonds. The Hall–Kier alpha value is -8.02. The van der Waals surface area contributed by atoms with Crippen molar-refractivity contribution in [2.75, 3.05) is 0 Å². The molecule has 0 atom stereocenters. The largest absolute Gasteiger partial charge is 0.144 e. The number of hydrogen-bond donors (Lipinski definition) is 0. The van der Waals surface area contributed by atoms with Crippen LogP contribution < -0.4 is 42.4 Å². The van der Waals surface area contributed by atoms with Gasteiger partial charge in [0.15, 0.2) is 0 Å². The summed E-state index contributed by atoms with van der Waals surface area (Å²) in [5.41, 5.74) is 0. The molecule has 8 aromatic rings. The van der Waals surface area contributed by atoms with Crippen LogP contribution >= 0.6 is 14.5 Å². The van der Waals surface area contributed by atoms with Crippen molar-refractivity contribution in [2.45, 2.75) is 0 Å². The van der Waals surface area contributed by atoms with E-state index in [1.165, 1.54) is 42.4 Å². The van der Waals surface area contributed by atoms with Gasteiger partial charge >= 0.3 is 100 Å². The molecule has 3 aliphatic heterocycles. The average Bonchev–Trinajstić information content (AvgIpc) is 3.86. The maximum atomic E-state index is 11.1. The third kappa shape index (κ3) is 8.08. The maximum Gasteiger partial charge on any atom is 0.144 e. The fourth-order valence-corrected chi connectivity index (χ4v) is 24.4. The van der Waals surface area contributed by atoms with Crippen molar-refractivity contribution < 1.29 is 51.3 Å². The van der Waals surface area contributed by atoms with Crippen molar-refractivity contribution >= 4 is 106 Å². The first-order valence-electron chi connectivity index (χ1n) is 21.5. The van der Waals surface area contributed by atoms with Gasteiger partial charge in [0.25, 0.3) is 0 Å². The molecule has 11 rings (SSSR count). The zero-order valence-electron chi connectivity index (χ0n) is 36.4. The third-order valence-corrected chi connectivity index (χ3v) is 27.6. The first-order valence-corrected chi connectivity index (χ1v) is 30.2. The zero-order chi connectivity index (χ0) is 48.0. The predicted molar refractivity (Wildman–Crippen MR) is 265 cm³/mol. The smallest absolute Gasteiger partial charge is 0.0620 e. The van der Waals surface area contributed by atoms with Gasteiger partial charge in [-0.1, -0.05) is 146 Å². The molecule has 0 aromatic heterocycles. The summed E-state index contributed by atoms with van der Waals surface area (Å²) in [6, 6.07) is 87.7. The van der Waals surface area contributed by atoms with Crippen LogP contribution in [-0.2, 0) is 51.3 Å². The first-order chi connectivity index (χ1) is 33.5. The second-order valence-electron chi connectivity index (χ2n) is 15.6. The zero-order valence-corrected chi connectivity index (χ0v) is 40.3. The molecule has 0 unspecified atom stereocenters. The van der Waals surface area contributed by atoms with Crippen LogP contribution in [0.25, 0.3) is 0 Å². The standard InChI is InChI=1S/2C24H20P.C6GeO12/c2*1-5-13-21(14-6-1)25(22-15-7-2-8-16-22,23-17-9-3-10-18-23)24-19-11-4-12-20-24;8-1-2(9)15-7(14-1,16-3(10)4(11)17-7)18-5(12)6(13)19-7/h2*1-20H;/q2*+1;-2. The van der Waals surface area contributed by atoms with Crippen LogP contribution in [0.1, 0.15) is 0 Å². The Labute approximate surface area is 398 Å². The van der Waals surface area contributed by atoms with Crippen molar-refractivity contribution in [3.63, 3.8) is 0 Å². The molecule has 12 nitrogen and oxygen atoms in total. The minimum absolute atomic E-state index is 1.39. The topological polar surface area (TPSA) is 158 Å². The Morgan fingerprint density at radius 3 is 0.435 bits per heavy atom. The Morgan fingerprint density at radius 2 is 0.319 bits per heavy atom. The molecule has 3 saturated heterocycles. The van der Waals surface area contributed by atoms with E-state index >= 15 is 0 Å². The van der Waals surface area contributed by atoms with Crippen LogP contribution in [0.4, 0.5) is 0 Å². The summed E-state index contributed by atoms with van der Waals surface area (Å²) in [5.74, 6) is -10.9. The van der Waals surface area contributed by atoms with Crippen LogP contribution in [-0.4, -0.2) is 48.9 Å². The van der Waals surface area contributed by atoms with Crippen LogP contribution in [0.15, 0.2) is 243 Å². The molecule has 0 radical (unpaired) electrons. The monoisotopic (exact) mass is 1020 g/mol. The molecule has 0 saturated carbocycles. The van der Waals surface area contributed by atoms with Gasteiger partial charge in [0, 0.05) is 0 Å². The molecule has 0 N–H and O–H groups in total. The Kier molecular flexibility index (Phi) is 12.2. The maximum absolute atomic E-state index is 11.1. The van der Waals surface area contributed by atoms with Gasteiger partial charge in [-0.3, -0.25) is 0 Å². The fraction of sp³-hybridized carbons (Fsp3) is 0. The van der Waals surface area contributed by atoms with Gasteiger partial charge in [-0.05, 0) is 97.1 Å². The molecule has 0 bridgehead atoms. The Balaban J connectivity index is 0.000000130. The number of carbonyl (C=O) groups excluding carboxylic acids is 6. The summed E-state index contributed by atoms with van der Waals surface area (Å²) in [7, 11) is -3.81. The van der Waals surface area contributed by atoms with Crippen molar-refractivity contribution in [3.8, 4) is 0 Å². The molecule has 0 aliphatic carbocycles. The van der Waals surface area contributed by atoms with Crippen LogP contribution in [0.3, 0.4) is 0 Å². The van der Waals surface area contributed by atoms with E-state index in [2.05, 4.69) is 265 Å². The summed E-state index contributed by atoms with van der Waals surface area (Å²) < 4.78 is 25.5. The number of benzene rings is 8. The summed E-state index contributed by atoms with van der Waals surface area (Å²) in [5, 5.41) is 11.1. The van der Waals surface area contributed by atoms with Crippen molar-refractivity contribution in [1.29, 1.82) is 0 Å². The predicted octanol–water partition coefficient (Wildman–Crippen LogP) is 5.24. The average molecular weight is 1020 g/mol. The van der Waals surface area contributed by atoms with Gasteiger partial charge in [0.1, 0.15) is 57.0 Å². The van der Waals surface area contributed by atoms with Crippen LogP contribution in [0.5, 0.6) is 0 Å². The van der Waals surface area contributed by atoms with E-state index in [1.807, 2.05) is 0 Å². The minimum atomic E-state index is -7.81. The molecule has 342 valence electrons. The molecule has 3 aliphatic rings. The first kappa shape index (κ1) is 46.1. The number of hydrogen-bond acceptors (Lipinski definition) is 12. The Morgan fingerprint density at radius 1 is 0.203 bits per heavy atom. The summed E-state index contributed by atoms with van der Waals surface area (Å²) >= 11 is -7.81. The minimum Gasteiger partial charge on any atom is -0.0620 e. The quantitative estimate of drug-likeness (QED) is 0.111. The molecule has 1 spiro atoms. The molecular formula is C54H40GeO12P2. The van der Waals surface area contributed by atoms with Crippen molar-refractivity contribution in [2.24, 2.45) is 0 Å². The van der Waals surface area contributed by atoms with E-state index < -0.39 is 63.5 Å². The molecule has 3 fully saturated rings.